The summed E-state index contributed by atoms with van der Waals surface area (Å²) in [5.41, 5.74) is 0. The first-order valence-electron chi connectivity index (χ1n) is 6.69. The highest BCUT2D eigenvalue weighted by atomic mass is 32.1. The number of aromatic nitrogens is 1. The quantitative estimate of drug-likeness (QED) is 0.803. The second-order valence-corrected chi connectivity index (χ2v) is 6.07. The molecule has 0 aromatic carbocycles. The van der Waals surface area contributed by atoms with Crippen molar-refractivity contribution in [3.63, 3.8) is 0 Å². The van der Waals surface area contributed by atoms with Crippen LogP contribution in [0.5, 0.6) is 0 Å². The first-order chi connectivity index (χ1) is 8.79. The molecule has 1 N–H and O–H groups in total. The van der Waals surface area contributed by atoms with Crippen molar-refractivity contribution in [2.45, 2.75) is 26.3 Å². The minimum atomic E-state index is 0.759. The van der Waals surface area contributed by atoms with E-state index in [0.717, 1.165) is 38.7 Å². The molecule has 1 aromatic rings. The second-order valence-electron chi connectivity index (χ2n) is 4.97. The fraction of sp³-hybridized carbons (Fsp3) is 0.769. The summed E-state index contributed by atoms with van der Waals surface area (Å²) in [6.07, 6.45) is 4.65. The molecule has 0 spiro atoms. The zero-order valence-corrected chi connectivity index (χ0v) is 12.1. The van der Waals surface area contributed by atoms with Gasteiger partial charge in [0.25, 0.3) is 0 Å². The number of thiazole rings is 1. The summed E-state index contributed by atoms with van der Waals surface area (Å²) in [5.74, 6) is 0.797. The normalized spacial score (nSPS) is 20.3. The Labute approximate surface area is 113 Å². The lowest BCUT2D eigenvalue weighted by Crippen LogP contribution is -2.34. The van der Waals surface area contributed by atoms with E-state index in [9.17, 15) is 0 Å². The smallest absolute Gasteiger partial charge is 0.185 e. The van der Waals surface area contributed by atoms with Gasteiger partial charge < -0.3 is 15.0 Å². The van der Waals surface area contributed by atoms with Crippen molar-refractivity contribution in [2.75, 3.05) is 38.3 Å². The molecule has 1 aromatic heterocycles. The third-order valence-corrected chi connectivity index (χ3v) is 4.31. The molecule has 102 valence electrons. The predicted molar refractivity (Wildman–Crippen MR) is 76.3 cm³/mol. The predicted octanol–water partition coefficient (Wildman–Crippen LogP) is 2.12. The van der Waals surface area contributed by atoms with E-state index in [0.29, 0.717) is 0 Å². The van der Waals surface area contributed by atoms with Gasteiger partial charge in [-0.3, -0.25) is 0 Å². The third-order valence-electron chi connectivity index (χ3n) is 3.25. The van der Waals surface area contributed by atoms with Gasteiger partial charge in [-0.2, -0.15) is 0 Å². The van der Waals surface area contributed by atoms with Gasteiger partial charge in [-0.1, -0.05) is 6.92 Å². The molecule has 2 heterocycles. The molecule has 0 saturated carbocycles. The Morgan fingerprint density at radius 3 is 3.28 bits per heavy atom. The molecule has 0 aliphatic carbocycles. The fourth-order valence-electron chi connectivity index (χ4n) is 2.27. The van der Waals surface area contributed by atoms with Crippen LogP contribution in [0, 0.1) is 5.92 Å². The van der Waals surface area contributed by atoms with Crippen LogP contribution in [-0.4, -0.2) is 38.3 Å². The van der Waals surface area contributed by atoms with E-state index in [2.05, 4.69) is 22.1 Å². The monoisotopic (exact) mass is 269 g/mol. The first-order valence-corrected chi connectivity index (χ1v) is 7.50. The number of nitrogens with zero attached hydrogens (tertiary/aromatic N) is 2. The number of methoxy groups -OCH3 is 1. The molecular weight excluding hydrogens is 246 g/mol. The van der Waals surface area contributed by atoms with Crippen molar-refractivity contribution in [1.82, 2.24) is 10.3 Å². The van der Waals surface area contributed by atoms with Crippen LogP contribution < -0.4 is 10.2 Å². The first kappa shape index (κ1) is 13.8. The van der Waals surface area contributed by atoms with Gasteiger partial charge in [0.1, 0.15) is 0 Å². The van der Waals surface area contributed by atoms with Crippen LogP contribution in [0.15, 0.2) is 6.20 Å². The minimum absolute atomic E-state index is 0.759. The van der Waals surface area contributed by atoms with Crippen molar-refractivity contribution in [3.05, 3.63) is 11.1 Å². The van der Waals surface area contributed by atoms with E-state index in [-0.39, 0.29) is 0 Å². The van der Waals surface area contributed by atoms with E-state index in [1.54, 1.807) is 7.11 Å². The van der Waals surface area contributed by atoms with Crippen molar-refractivity contribution in [3.8, 4) is 0 Å². The number of anilines is 1. The summed E-state index contributed by atoms with van der Waals surface area (Å²) in [6.45, 7) is 7.19. The zero-order chi connectivity index (χ0) is 12.8. The molecular formula is C13H23N3OS. The summed E-state index contributed by atoms with van der Waals surface area (Å²) in [4.78, 5) is 8.28. The van der Waals surface area contributed by atoms with Gasteiger partial charge in [-0.15, -0.1) is 11.3 Å². The molecule has 1 aliphatic heterocycles. The van der Waals surface area contributed by atoms with Crippen LogP contribution in [0.25, 0.3) is 0 Å². The highest BCUT2D eigenvalue weighted by molar-refractivity contribution is 7.15. The average Bonchev–Trinajstić information content (AvgIpc) is 2.83. The van der Waals surface area contributed by atoms with Crippen LogP contribution in [0.3, 0.4) is 0 Å². The van der Waals surface area contributed by atoms with E-state index >= 15 is 0 Å². The second kappa shape index (κ2) is 7.07. The maximum absolute atomic E-state index is 5.01. The fourth-order valence-corrected chi connectivity index (χ4v) is 3.19. The molecule has 1 unspecified atom stereocenters. The van der Waals surface area contributed by atoms with Gasteiger partial charge in [-0.25, -0.2) is 4.98 Å². The summed E-state index contributed by atoms with van der Waals surface area (Å²) < 4.78 is 5.01. The van der Waals surface area contributed by atoms with Crippen LogP contribution >= 0.6 is 11.3 Å². The maximum Gasteiger partial charge on any atom is 0.185 e. The maximum atomic E-state index is 5.01. The molecule has 0 radical (unpaired) electrons. The topological polar surface area (TPSA) is 37.4 Å². The Morgan fingerprint density at radius 2 is 2.50 bits per heavy atom. The van der Waals surface area contributed by atoms with Gasteiger partial charge >= 0.3 is 0 Å². The van der Waals surface area contributed by atoms with Gasteiger partial charge in [0, 0.05) is 44.4 Å². The van der Waals surface area contributed by atoms with Crippen LogP contribution in [0.4, 0.5) is 5.13 Å². The molecule has 2 rings (SSSR count). The standard InChI is InChI=1S/C13H23N3OS/c1-11-4-3-6-16(10-11)13-15-9-12(18-13)8-14-5-7-17-2/h9,11,14H,3-8,10H2,1-2H3. The van der Waals surface area contributed by atoms with E-state index in [1.165, 1.54) is 22.9 Å². The Bertz CT molecular complexity index is 356. The minimum Gasteiger partial charge on any atom is -0.383 e. The molecule has 1 atom stereocenters. The molecule has 18 heavy (non-hydrogen) atoms. The van der Waals surface area contributed by atoms with Crippen LogP contribution in [0.2, 0.25) is 0 Å². The van der Waals surface area contributed by atoms with Crippen LogP contribution in [-0.2, 0) is 11.3 Å². The SMILES string of the molecule is COCCNCc1cnc(N2CCCC(C)C2)s1. The summed E-state index contributed by atoms with van der Waals surface area (Å²) in [6, 6.07) is 0. The average molecular weight is 269 g/mol. The van der Waals surface area contributed by atoms with E-state index in [4.69, 9.17) is 4.74 Å². The van der Waals surface area contributed by atoms with Crippen LogP contribution in [0.1, 0.15) is 24.6 Å². The lowest BCUT2D eigenvalue weighted by molar-refractivity contribution is 0.199. The zero-order valence-electron chi connectivity index (χ0n) is 11.3. The van der Waals surface area contributed by atoms with Gasteiger partial charge in [0.05, 0.1) is 6.61 Å². The Hall–Kier alpha value is -0.650. The molecule has 1 aliphatic rings. The van der Waals surface area contributed by atoms with E-state index < -0.39 is 0 Å². The van der Waals surface area contributed by atoms with Gasteiger partial charge in [0.2, 0.25) is 0 Å². The molecule has 5 heteroatoms. The largest absolute Gasteiger partial charge is 0.383 e. The number of rotatable bonds is 6. The molecule has 0 amide bonds. The number of ether oxygens (including phenoxy) is 1. The Kier molecular flexibility index (Phi) is 5.41. The van der Waals surface area contributed by atoms with Crippen molar-refractivity contribution >= 4 is 16.5 Å². The van der Waals surface area contributed by atoms with Gasteiger partial charge in [-0.05, 0) is 18.8 Å². The Balaban J connectivity index is 1.81. The molecule has 1 fully saturated rings. The molecule has 1 saturated heterocycles. The number of piperidine rings is 1. The van der Waals surface area contributed by atoms with E-state index in [1.807, 2.05) is 17.5 Å². The van der Waals surface area contributed by atoms with Crippen molar-refractivity contribution in [1.29, 1.82) is 0 Å². The van der Waals surface area contributed by atoms with Crippen molar-refractivity contribution in [2.24, 2.45) is 5.92 Å². The summed E-state index contributed by atoms with van der Waals surface area (Å²) in [5, 5.41) is 4.54. The molecule has 0 bridgehead atoms. The number of hydrogen-bond donors (Lipinski definition) is 1. The van der Waals surface area contributed by atoms with Gasteiger partial charge in [0.15, 0.2) is 5.13 Å². The Morgan fingerprint density at radius 1 is 1.61 bits per heavy atom. The number of hydrogen-bond acceptors (Lipinski definition) is 5. The third kappa shape index (κ3) is 3.93. The lowest BCUT2D eigenvalue weighted by atomic mass is 10.0. The lowest BCUT2D eigenvalue weighted by Gasteiger charge is -2.30. The highest BCUT2D eigenvalue weighted by Gasteiger charge is 2.18. The summed E-state index contributed by atoms with van der Waals surface area (Å²) >= 11 is 1.81. The molecule has 4 nitrogen and oxygen atoms in total. The summed E-state index contributed by atoms with van der Waals surface area (Å²) in [7, 11) is 1.73. The number of nitrogens with one attached hydrogen (secondary N) is 1. The highest BCUT2D eigenvalue weighted by Crippen LogP contribution is 2.27. The van der Waals surface area contributed by atoms with Crippen molar-refractivity contribution < 1.29 is 4.74 Å².